The molecule has 0 aliphatic carbocycles. The van der Waals surface area contributed by atoms with Gasteiger partial charge in [-0.15, -0.1) is 0 Å². The molecule has 21 heavy (non-hydrogen) atoms. The molecule has 1 heterocycles. The lowest BCUT2D eigenvalue weighted by molar-refractivity contribution is -0.384. The van der Waals surface area contributed by atoms with Crippen LogP contribution in [0.25, 0.3) is 0 Å². The Morgan fingerprint density at radius 3 is 2.52 bits per heavy atom. The van der Waals surface area contributed by atoms with E-state index in [0.717, 1.165) is 17.7 Å². The third kappa shape index (κ3) is 3.33. The van der Waals surface area contributed by atoms with Crippen molar-refractivity contribution in [3.05, 3.63) is 63.8 Å². The number of hydrogen-bond donors (Lipinski definition) is 1. The molecule has 0 saturated heterocycles. The largest absolute Gasteiger partial charge is 0.477 e. The number of aromatic carboxylic acids is 1. The number of carbonyl (C=O) groups is 1. The first-order valence-electron chi connectivity index (χ1n) is 6.13. The standard InChI is InChI=1S/C14H13N3O4/c1-16(9-10-5-3-2-4-6-10)13-12(17(20)21)8-7-11(15-13)14(18)19/h2-8H,9H2,1H3,(H,18,19). The number of benzene rings is 1. The second kappa shape index (κ2) is 6.00. The van der Waals surface area contributed by atoms with Crippen molar-refractivity contribution in [1.29, 1.82) is 0 Å². The van der Waals surface area contributed by atoms with Crippen molar-refractivity contribution in [2.24, 2.45) is 0 Å². The second-order valence-electron chi connectivity index (χ2n) is 4.44. The third-order valence-electron chi connectivity index (χ3n) is 2.89. The number of rotatable bonds is 5. The van der Waals surface area contributed by atoms with Crippen LogP contribution in [0.2, 0.25) is 0 Å². The van der Waals surface area contributed by atoms with Crippen LogP contribution in [-0.4, -0.2) is 28.0 Å². The lowest BCUT2D eigenvalue weighted by Crippen LogP contribution is -2.20. The maximum absolute atomic E-state index is 11.1. The van der Waals surface area contributed by atoms with Crippen LogP contribution in [0.4, 0.5) is 11.5 Å². The van der Waals surface area contributed by atoms with Crippen molar-refractivity contribution in [2.45, 2.75) is 6.54 Å². The fraction of sp³-hybridized carbons (Fsp3) is 0.143. The summed E-state index contributed by atoms with van der Waals surface area (Å²) in [7, 11) is 1.63. The molecule has 0 unspecified atom stereocenters. The predicted molar refractivity (Wildman–Crippen MR) is 76.4 cm³/mol. The zero-order valence-electron chi connectivity index (χ0n) is 11.3. The Bertz CT molecular complexity index is 673. The molecule has 7 heteroatoms. The van der Waals surface area contributed by atoms with Gasteiger partial charge in [0.15, 0.2) is 5.69 Å². The molecule has 0 fully saturated rings. The van der Waals surface area contributed by atoms with Crippen LogP contribution in [0.5, 0.6) is 0 Å². The number of aromatic nitrogens is 1. The number of carboxylic acid groups (broad SMARTS) is 1. The third-order valence-corrected chi connectivity index (χ3v) is 2.89. The van der Waals surface area contributed by atoms with E-state index in [-0.39, 0.29) is 17.2 Å². The van der Waals surface area contributed by atoms with Gasteiger partial charge in [-0.2, -0.15) is 0 Å². The molecule has 0 radical (unpaired) electrons. The van der Waals surface area contributed by atoms with E-state index in [0.29, 0.717) is 6.54 Å². The van der Waals surface area contributed by atoms with E-state index in [1.165, 1.54) is 0 Å². The molecule has 108 valence electrons. The molecule has 2 aromatic rings. The number of hydrogen-bond acceptors (Lipinski definition) is 5. The summed E-state index contributed by atoms with van der Waals surface area (Å²) in [4.78, 5) is 26.9. The minimum atomic E-state index is -1.22. The average molecular weight is 287 g/mol. The average Bonchev–Trinajstić information content (AvgIpc) is 2.47. The molecular weight excluding hydrogens is 274 g/mol. The Kier molecular flexibility index (Phi) is 4.13. The van der Waals surface area contributed by atoms with Gasteiger partial charge < -0.3 is 10.0 Å². The van der Waals surface area contributed by atoms with E-state index in [1.54, 1.807) is 11.9 Å². The number of anilines is 1. The normalized spacial score (nSPS) is 10.1. The monoisotopic (exact) mass is 287 g/mol. The molecule has 2 rings (SSSR count). The fourth-order valence-electron chi connectivity index (χ4n) is 1.92. The highest BCUT2D eigenvalue weighted by atomic mass is 16.6. The first-order valence-corrected chi connectivity index (χ1v) is 6.13. The van der Waals surface area contributed by atoms with Crippen molar-refractivity contribution in [3.63, 3.8) is 0 Å². The van der Waals surface area contributed by atoms with Crippen LogP contribution in [-0.2, 0) is 6.54 Å². The van der Waals surface area contributed by atoms with Gasteiger partial charge in [0.05, 0.1) is 4.92 Å². The maximum atomic E-state index is 11.1. The van der Waals surface area contributed by atoms with Gasteiger partial charge in [0.2, 0.25) is 5.82 Å². The minimum Gasteiger partial charge on any atom is -0.477 e. The first-order chi connectivity index (χ1) is 9.99. The minimum absolute atomic E-state index is 0.0313. The van der Waals surface area contributed by atoms with E-state index in [2.05, 4.69) is 4.98 Å². The van der Waals surface area contributed by atoms with Gasteiger partial charge in [-0.1, -0.05) is 30.3 Å². The zero-order valence-corrected chi connectivity index (χ0v) is 11.3. The highest BCUT2D eigenvalue weighted by Crippen LogP contribution is 2.26. The molecule has 0 saturated carbocycles. The number of carboxylic acids is 1. The molecule has 1 N–H and O–H groups in total. The summed E-state index contributed by atoms with van der Waals surface area (Å²) in [5.41, 5.74) is 0.491. The van der Waals surface area contributed by atoms with E-state index in [4.69, 9.17) is 5.11 Å². The van der Waals surface area contributed by atoms with Crippen molar-refractivity contribution in [2.75, 3.05) is 11.9 Å². The molecular formula is C14H13N3O4. The van der Waals surface area contributed by atoms with E-state index >= 15 is 0 Å². The van der Waals surface area contributed by atoms with E-state index in [1.807, 2.05) is 30.3 Å². The molecule has 0 aliphatic heterocycles. The number of nitrogens with zero attached hydrogens (tertiary/aromatic N) is 3. The lowest BCUT2D eigenvalue weighted by Gasteiger charge is -2.18. The van der Waals surface area contributed by atoms with Gasteiger partial charge >= 0.3 is 11.7 Å². The molecule has 7 nitrogen and oxygen atoms in total. The van der Waals surface area contributed by atoms with Gasteiger partial charge in [-0.3, -0.25) is 10.1 Å². The summed E-state index contributed by atoms with van der Waals surface area (Å²) in [6, 6.07) is 11.6. The first kappa shape index (κ1) is 14.4. The summed E-state index contributed by atoms with van der Waals surface area (Å²) in [6.07, 6.45) is 0. The molecule has 1 aromatic carbocycles. The van der Waals surface area contributed by atoms with Gasteiger partial charge in [0, 0.05) is 19.7 Å². The summed E-state index contributed by atoms with van der Waals surface area (Å²) in [5, 5.41) is 20.0. The summed E-state index contributed by atoms with van der Waals surface area (Å²) >= 11 is 0. The molecule has 0 aliphatic rings. The van der Waals surface area contributed by atoms with Crippen LogP contribution in [0.15, 0.2) is 42.5 Å². The van der Waals surface area contributed by atoms with Gasteiger partial charge in [-0.05, 0) is 11.6 Å². The predicted octanol–water partition coefficient (Wildman–Crippen LogP) is 2.32. The van der Waals surface area contributed by atoms with Crippen molar-refractivity contribution >= 4 is 17.5 Å². The molecule has 1 aromatic heterocycles. The van der Waals surface area contributed by atoms with Crippen LogP contribution in [0.3, 0.4) is 0 Å². The highest BCUT2D eigenvalue weighted by molar-refractivity contribution is 5.86. The molecule has 0 amide bonds. The molecule has 0 bridgehead atoms. The smallest absolute Gasteiger partial charge is 0.354 e. The Morgan fingerprint density at radius 2 is 1.95 bits per heavy atom. The SMILES string of the molecule is CN(Cc1ccccc1)c1nc(C(=O)O)ccc1[N+](=O)[O-]. The second-order valence-corrected chi connectivity index (χ2v) is 4.44. The molecule has 0 spiro atoms. The van der Waals surface area contributed by atoms with Gasteiger partial charge in [0.25, 0.3) is 0 Å². The Morgan fingerprint density at radius 1 is 1.29 bits per heavy atom. The lowest BCUT2D eigenvalue weighted by atomic mass is 10.2. The summed E-state index contributed by atoms with van der Waals surface area (Å²) in [5.74, 6) is -1.19. The fourth-order valence-corrected chi connectivity index (χ4v) is 1.92. The zero-order chi connectivity index (χ0) is 15.4. The van der Waals surface area contributed by atoms with Crippen LogP contribution in [0.1, 0.15) is 16.1 Å². The number of pyridine rings is 1. The van der Waals surface area contributed by atoms with E-state index in [9.17, 15) is 14.9 Å². The maximum Gasteiger partial charge on any atom is 0.354 e. The van der Waals surface area contributed by atoms with Crippen LogP contribution >= 0.6 is 0 Å². The molecule has 0 atom stereocenters. The number of nitro groups is 1. The van der Waals surface area contributed by atoms with Crippen LogP contribution < -0.4 is 4.90 Å². The summed E-state index contributed by atoms with van der Waals surface area (Å²) in [6.45, 7) is 0.387. The van der Waals surface area contributed by atoms with Crippen molar-refractivity contribution < 1.29 is 14.8 Å². The van der Waals surface area contributed by atoms with Crippen molar-refractivity contribution in [1.82, 2.24) is 4.98 Å². The van der Waals surface area contributed by atoms with Crippen LogP contribution in [0, 0.1) is 10.1 Å². The van der Waals surface area contributed by atoms with E-state index < -0.39 is 10.9 Å². The highest BCUT2D eigenvalue weighted by Gasteiger charge is 2.21. The Labute approximate surface area is 120 Å². The topological polar surface area (TPSA) is 96.6 Å². The van der Waals surface area contributed by atoms with Gasteiger partial charge in [0.1, 0.15) is 0 Å². The van der Waals surface area contributed by atoms with Gasteiger partial charge in [-0.25, -0.2) is 9.78 Å². The Hall–Kier alpha value is -2.96. The quantitative estimate of drug-likeness (QED) is 0.669. The Balaban J connectivity index is 2.37. The summed E-state index contributed by atoms with van der Waals surface area (Å²) < 4.78 is 0. The van der Waals surface area contributed by atoms with Crippen molar-refractivity contribution in [3.8, 4) is 0 Å².